The summed E-state index contributed by atoms with van der Waals surface area (Å²) >= 11 is 0. The summed E-state index contributed by atoms with van der Waals surface area (Å²) in [4.78, 5) is 23.6. The summed E-state index contributed by atoms with van der Waals surface area (Å²) in [5, 5.41) is 2.72. The molecular formula is C19H27NO3. The van der Waals surface area contributed by atoms with Crippen LogP contribution in [0.15, 0.2) is 30.3 Å². The van der Waals surface area contributed by atoms with Crippen LogP contribution in [0.5, 0.6) is 0 Å². The summed E-state index contributed by atoms with van der Waals surface area (Å²) < 4.78 is 5.19. The second kappa shape index (κ2) is 9.33. The second-order valence-corrected chi connectivity index (χ2v) is 6.39. The summed E-state index contributed by atoms with van der Waals surface area (Å²) in [6.45, 7) is 2.42. The van der Waals surface area contributed by atoms with E-state index in [0.717, 1.165) is 38.5 Å². The van der Waals surface area contributed by atoms with Crippen LogP contribution in [0.4, 0.5) is 4.79 Å². The van der Waals surface area contributed by atoms with E-state index in [-0.39, 0.29) is 17.7 Å². The van der Waals surface area contributed by atoms with Crippen LogP contribution in [-0.2, 0) is 16.0 Å². The predicted octanol–water partition coefficient (Wildman–Crippen LogP) is 3.88. The molecule has 126 valence electrons. The Balaban J connectivity index is 1.55. The largest absolute Gasteiger partial charge is 0.450 e. The van der Waals surface area contributed by atoms with Gasteiger partial charge in [-0.15, -0.1) is 0 Å². The molecule has 0 radical (unpaired) electrons. The number of aryl methyl sites for hydroxylation is 1. The second-order valence-electron chi connectivity index (χ2n) is 6.39. The first-order chi connectivity index (χ1) is 11.2. The topological polar surface area (TPSA) is 55.4 Å². The average molecular weight is 317 g/mol. The van der Waals surface area contributed by atoms with Gasteiger partial charge in [-0.25, -0.2) is 4.79 Å². The van der Waals surface area contributed by atoms with Crippen molar-refractivity contribution in [3.63, 3.8) is 0 Å². The number of hydrogen-bond acceptors (Lipinski definition) is 3. The number of unbranched alkanes of at least 4 members (excludes halogenated alkanes) is 2. The van der Waals surface area contributed by atoms with Crippen LogP contribution in [0.3, 0.4) is 0 Å². The standard InChI is InChI=1S/C19H27NO3/c1-15-9-8-13-17(21)18(15)20-19(22)23-14-7-3-6-12-16-10-4-2-5-11-16/h2,4-5,10-11,15,18H,3,6-9,12-14H2,1H3,(H,20,22). The smallest absolute Gasteiger partial charge is 0.407 e. The van der Waals surface area contributed by atoms with Crippen LogP contribution >= 0.6 is 0 Å². The van der Waals surface area contributed by atoms with Gasteiger partial charge in [-0.1, -0.05) is 37.3 Å². The molecule has 0 aliphatic heterocycles. The molecule has 1 aromatic rings. The van der Waals surface area contributed by atoms with Gasteiger partial charge in [0.1, 0.15) is 0 Å². The van der Waals surface area contributed by atoms with Gasteiger partial charge in [0.25, 0.3) is 0 Å². The fourth-order valence-electron chi connectivity index (χ4n) is 3.05. The lowest BCUT2D eigenvalue weighted by atomic mass is 9.85. The van der Waals surface area contributed by atoms with Crippen molar-refractivity contribution >= 4 is 11.9 Å². The SMILES string of the molecule is CC1CCCC(=O)C1NC(=O)OCCCCCc1ccccc1. The maximum atomic E-state index is 11.8. The number of hydrogen-bond donors (Lipinski definition) is 1. The number of carbonyl (C=O) groups excluding carboxylic acids is 2. The maximum Gasteiger partial charge on any atom is 0.407 e. The van der Waals surface area contributed by atoms with E-state index in [4.69, 9.17) is 4.74 Å². The first kappa shape index (κ1) is 17.5. The lowest BCUT2D eigenvalue weighted by Crippen LogP contribution is -2.47. The zero-order chi connectivity index (χ0) is 16.5. The summed E-state index contributed by atoms with van der Waals surface area (Å²) in [6, 6.07) is 10.0. The lowest BCUT2D eigenvalue weighted by molar-refractivity contribution is -0.123. The molecule has 4 heteroatoms. The Hall–Kier alpha value is -1.84. The molecule has 2 unspecified atom stereocenters. The molecule has 0 spiro atoms. The lowest BCUT2D eigenvalue weighted by Gasteiger charge is -2.27. The van der Waals surface area contributed by atoms with Gasteiger partial charge < -0.3 is 10.1 Å². The van der Waals surface area contributed by atoms with E-state index in [1.807, 2.05) is 13.0 Å². The minimum atomic E-state index is -0.458. The van der Waals surface area contributed by atoms with Crippen molar-refractivity contribution in [3.05, 3.63) is 35.9 Å². The summed E-state index contributed by atoms with van der Waals surface area (Å²) in [6.07, 6.45) is 6.04. The minimum absolute atomic E-state index is 0.128. The molecule has 2 atom stereocenters. The molecule has 0 bridgehead atoms. The van der Waals surface area contributed by atoms with Crippen molar-refractivity contribution in [1.29, 1.82) is 0 Å². The summed E-state index contributed by atoms with van der Waals surface area (Å²) in [5.74, 6) is 0.332. The first-order valence-electron chi connectivity index (χ1n) is 8.67. The number of Topliss-reactive ketones (excluding diaryl/α,β-unsaturated/α-hetero) is 1. The highest BCUT2D eigenvalue weighted by atomic mass is 16.5. The average Bonchev–Trinajstić information content (AvgIpc) is 2.55. The fraction of sp³-hybridized carbons (Fsp3) is 0.579. The van der Waals surface area contributed by atoms with Crippen molar-refractivity contribution in [2.45, 2.75) is 57.9 Å². The summed E-state index contributed by atoms with van der Waals surface area (Å²) in [5.41, 5.74) is 1.34. The van der Waals surface area contributed by atoms with Gasteiger partial charge in [0, 0.05) is 6.42 Å². The van der Waals surface area contributed by atoms with Gasteiger partial charge in [0.15, 0.2) is 5.78 Å². The van der Waals surface area contributed by atoms with Crippen LogP contribution < -0.4 is 5.32 Å². The van der Waals surface area contributed by atoms with Crippen LogP contribution in [0.25, 0.3) is 0 Å². The van der Waals surface area contributed by atoms with Crippen molar-refractivity contribution in [3.8, 4) is 0 Å². The molecule has 1 aromatic carbocycles. The molecule has 4 nitrogen and oxygen atoms in total. The number of benzene rings is 1. The molecule has 0 saturated heterocycles. The molecule has 2 rings (SSSR count). The third-order valence-corrected chi connectivity index (χ3v) is 4.46. The van der Waals surface area contributed by atoms with Crippen molar-refractivity contribution in [2.24, 2.45) is 5.92 Å². The van der Waals surface area contributed by atoms with E-state index in [2.05, 4.69) is 29.6 Å². The monoisotopic (exact) mass is 317 g/mol. The van der Waals surface area contributed by atoms with E-state index >= 15 is 0 Å². The third-order valence-electron chi connectivity index (χ3n) is 4.46. The van der Waals surface area contributed by atoms with Crippen LogP contribution in [-0.4, -0.2) is 24.5 Å². The highest BCUT2D eigenvalue weighted by molar-refractivity contribution is 5.88. The maximum absolute atomic E-state index is 11.8. The molecule has 23 heavy (non-hydrogen) atoms. The zero-order valence-corrected chi connectivity index (χ0v) is 13.9. The first-order valence-corrected chi connectivity index (χ1v) is 8.67. The Bertz CT molecular complexity index is 501. The number of alkyl carbamates (subject to hydrolysis) is 1. The van der Waals surface area contributed by atoms with Gasteiger partial charge in [0.05, 0.1) is 12.6 Å². The number of carbonyl (C=O) groups is 2. The quantitative estimate of drug-likeness (QED) is 0.776. The molecule has 1 fully saturated rings. The molecular weight excluding hydrogens is 290 g/mol. The number of ketones is 1. The van der Waals surface area contributed by atoms with Crippen LogP contribution in [0, 0.1) is 5.92 Å². The fourth-order valence-corrected chi connectivity index (χ4v) is 3.05. The number of nitrogens with one attached hydrogen (secondary N) is 1. The van der Waals surface area contributed by atoms with Crippen molar-refractivity contribution in [2.75, 3.05) is 6.61 Å². The molecule has 1 saturated carbocycles. The Morgan fingerprint density at radius 3 is 2.74 bits per heavy atom. The van der Waals surface area contributed by atoms with Crippen molar-refractivity contribution < 1.29 is 14.3 Å². The van der Waals surface area contributed by atoms with Crippen LogP contribution in [0.1, 0.15) is 51.0 Å². The highest BCUT2D eigenvalue weighted by Gasteiger charge is 2.30. The van der Waals surface area contributed by atoms with E-state index in [9.17, 15) is 9.59 Å². The Kier molecular flexibility index (Phi) is 7.11. The normalized spacial score (nSPS) is 21.0. The number of ether oxygens (including phenoxy) is 1. The molecule has 1 aliphatic rings. The number of amides is 1. The van der Waals surface area contributed by atoms with Crippen molar-refractivity contribution in [1.82, 2.24) is 5.32 Å². The third kappa shape index (κ3) is 6.05. The molecule has 1 N–H and O–H groups in total. The highest BCUT2D eigenvalue weighted by Crippen LogP contribution is 2.21. The Morgan fingerprint density at radius 2 is 2.00 bits per heavy atom. The van der Waals surface area contributed by atoms with Gasteiger partial charge in [-0.3, -0.25) is 4.79 Å². The molecule has 1 amide bonds. The molecule has 1 aliphatic carbocycles. The zero-order valence-electron chi connectivity index (χ0n) is 13.9. The molecule has 0 aromatic heterocycles. The summed E-state index contributed by atoms with van der Waals surface area (Å²) in [7, 11) is 0. The van der Waals surface area contributed by atoms with Gasteiger partial charge in [-0.2, -0.15) is 0 Å². The Morgan fingerprint density at radius 1 is 1.22 bits per heavy atom. The number of rotatable bonds is 7. The van der Waals surface area contributed by atoms with E-state index in [1.165, 1.54) is 5.56 Å². The van der Waals surface area contributed by atoms with E-state index < -0.39 is 6.09 Å². The van der Waals surface area contributed by atoms with Gasteiger partial charge in [0.2, 0.25) is 0 Å². The van der Waals surface area contributed by atoms with E-state index in [0.29, 0.717) is 13.0 Å². The Labute approximate surface area is 138 Å². The predicted molar refractivity (Wildman–Crippen MR) is 90.3 cm³/mol. The van der Waals surface area contributed by atoms with Gasteiger partial charge >= 0.3 is 6.09 Å². The molecule has 0 heterocycles. The minimum Gasteiger partial charge on any atom is -0.450 e. The van der Waals surface area contributed by atoms with E-state index in [1.54, 1.807) is 0 Å². The van der Waals surface area contributed by atoms with Crippen LogP contribution in [0.2, 0.25) is 0 Å². The van der Waals surface area contributed by atoms with Gasteiger partial charge in [-0.05, 0) is 50.0 Å².